The molecule has 3 heteroatoms. The zero-order valence-electron chi connectivity index (χ0n) is 7.12. The molecule has 0 aromatic heterocycles. The van der Waals surface area contributed by atoms with Crippen LogP contribution in [0, 0.1) is 0 Å². The van der Waals surface area contributed by atoms with E-state index in [0.29, 0.717) is 12.6 Å². The molecule has 1 atom stereocenters. The fourth-order valence-corrected chi connectivity index (χ4v) is 1.60. The molecule has 0 aromatic rings. The summed E-state index contributed by atoms with van der Waals surface area (Å²) in [4.78, 5) is 2.30. The predicted molar refractivity (Wildman–Crippen MR) is 43.6 cm³/mol. The van der Waals surface area contributed by atoms with Crippen LogP contribution in [0.5, 0.6) is 0 Å². The molecule has 0 aliphatic carbocycles. The quantitative estimate of drug-likeness (QED) is 0.631. The van der Waals surface area contributed by atoms with Gasteiger partial charge in [-0.2, -0.15) is 0 Å². The van der Waals surface area contributed by atoms with Crippen LogP contribution in [-0.2, 0) is 4.74 Å². The Balaban J connectivity index is 2.20. The molecule has 1 saturated heterocycles. The van der Waals surface area contributed by atoms with Crippen LogP contribution in [0.15, 0.2) is 0 Å². The first-order valence-electron chi connectivity index (χ1n) is 4.22. The van der Waals surface area contributed by atoms with E-state index in [9.17, 15) is 0 Å². The van der Waals surface area contributed by atoms with Gasteiger partial charge in [0, 0.05) is 19.7 Å². The van der Waals surface area contributed by atoms with E-state index in [0.717, 1.165) is 26.1 Å². The van der Waals surface area contributed by atoms with Crippen molar-refractivity contribution in [1.82, 2.24) is 4.90 Å². The maximum atomic E-state index is 8.95. The number of rotatable bonds is 4. The van der Waals surface area contributed by atoms with Crippen molar-refractivity contribution in [3.8, 4) is 0 Å². The predicted octanol–water partition coefficient (Wildman–Crippen LogP) is 0.0895. The highest BCUT2D eigenvalue weighted by Crippen LogP contribution is 2.15. The number of hydrogen-bond acceptors (Lipinski definition) is 3. The van der Waals surface area contributed by atoms with Gasteiger partial charge in [-0.05, 0) is 19.4 Å². The average molecular weight is 159 g/mol. The molecule has 3 nitrogen and oxygen atoms in total. The Morgan fingerprint density at radius 2 is 2.45 bits per heavy atom. The normalized spacial score (nSPS) is 26.2. The van der Waals surface area contributed by atoms with Crippen LogP contribution in [0.4, 0.5) is 0 Å². The zero-order valence-corrected chi connectivity index (χ0v) is 7.12. The van der Waals surface area contributed by atoms with Gasteiger partial charge in [-0.1, -0.05) is 0 Å². The molecular weight excluding hydrogens is 142 g/mol. The van der Waals surface area contributed by atoms with Crippen LogP contribution >= 0.6 is 0 Å². The molecule has 0 radical (unpaired) electrons. The van der Waals surface area contributed by atoms with Gasteiger partial charge < -0.3 is 9.84 Å². The highest BCUT2D eigenvalue weighted by molar-refractivity contribution is 4.77. The van der Waals surface area contributed by atoms with Gasteiger partial charge in [0.05, 0.1) is 13.2 Å². The van der Waals surface area contributed by atoms with Crippen molar-refractivity contribution in [2.75, 3.05) is 33.4 Å². The molecule has 1 rings (SSSR count). The molecule has 0 spiro atoms. The van der Waals surface area contributed by atoms with Gasteiger partial charge in [0.25, 0.3) is 0 Å². The van der Waals surface area contributed by atoms with Gasteiger partial charge in [0.15, 0.2) is 0 Å². The van der Waals surface area contributed by atoms with Crippen molar-refractivity contribution < 1.29 is 9.84 Å². The first-order valence-corrected chi connectivity index (χ1v) is 4.22. The second-order valence-electron chi connectivity index (χ2n) is 3.01. The summed E-state index contributed by atoms with van der Waals surface area (Å²) in [5.41, 5.74) is 0. The third kappa shape index (κ3) is 2.43. The Labute approximate surface area is 68.0 Å². The molecule has 0 amide bonds. The van der Waals surface area contributed by atoms with E-state index < -0.39 is 0 Å². The lowest BCUT2D eigenvalue weighted by molar-refractivity contribution is 0.113. The van der Waals surface area contributed by atoms with Crippen molar-refractivity contribution in [2.45, 2.75) is 18.9 Å². The fraction of sp³-hybridized carbons (Fsp3) is 1.00. The van der Waals surface area contributed by atoms with Gasteiger partial charge in [-0.3, -0.25) is 4.90 Å². The minimum absolute atomic E-state index is 0.295. The third-order valence-corrected chi connectivity index (χ3v) is 2.29. The Morgan fingerprint density at radius 3 is 3.09 bits per heavy atom. The minimum atomic E-state index is 0.295. The van der Waals surface area contributed by atoms with E-state index in [1.54, 1.807) is 7.11 Å². The van der Waals surface area contributed by atoms with Crippen LogP contribution in [0.1, 0.15) is 12.8 Å². The summed E-state index contributed by atoms with van der Waals surface area (Å²) in [6.45, 7) is 3.15. The van der Waals surface area contributed by atoms with Crippen LogP contribution in [-0.4, -0.2) is 49.5 Å². The molecule has 1 aliphatic rings. The molecule has 1 heterocycles. The topological polar surface area (TPSA) is 32.7 Å². The van der Waals surface area contributed by atoms with Gasteiger partial charge in [-0.25, -0.2) is 0 Å². The number of hydrogen-bond donors (Lipinski definition) is 1. The Kier molecular flexibility index (Phi) is 3.83. The molecule has 1 fully saturated rings. The van der Waals surface area contributed by atoms with Crippen LogP contribution in [0.25, 0.3) is 0 Å². The molecule has 0 aromatic carbocycles. The summed E-state index contributed by atoms with van der Waals surface area (Å²) in [6.07, 6.45) is 2.36. The lowest BCUT2D eigenvalue weighted by Gasteiger charge is -2.21. The molecule has 0 bridgehead atoms. The lowest BCUT2D eigenvalue weighted by atomic mass is 10.2. The summed E-state index contributed by atoms with van der Waals surface area (Å²) in [6, 6.07) is 0.394. The summed E-state index contributed by atoms with van der Waals surface area (Å²) in [5, 5.41) is 8.95. The van der Waals surface area contributed by atoms with Crippen molar-refractivity contribution >= 4 is 0 Å². The monoisotopic (exact) mass is 159 g/mol. The maximum Gasteiger partial charge on any atom is 0.0589 e. The standard InChI is InChI=1S/C8H17NO2/c1-11-6-5-9-4-2-3-8(9)7-10/h8,10H,2-7H2,1H3/t8-/m0/s1. The Hall–Kier alpha value is -0.120. The van der Waals surface area contributed by atoms with E-state index in [4.69, 9.17) is 9.84 Å². The molecule has 0 unspecified atom stereocenters. The van der Waals surface area contributed by atoms with E-state index in [-0.39, 0.29) is 0 Å². The highest BCUT2D eigenvalue weighted by Gasteiger charge is 2.22. The number of aliphatic hydroxyl groups excluding tert-OH is 1. The van der Waals surface area contributed by atoms with E-state index in [1.165, 1.54) is 6.42 Å². The summed E-state index contributed by atoms with van der Waals surface area (Å²) >= 11 is 0. The second kappa shape index (κ2) is 4.70. The smallest absolute Gasteiger partial charge is 0.0589 e. The third-order valence-electron chi connectivity index (χ3n) is 2.29. The maximum absolute atomic E-state index is 8.95. The lowest BCUT2D eigenvalue weighted by Crippen LogP contribution is -2.34. The summed E-state index contributed by atoms with van der Waals surface area (Å²) in [5.74, 6) is 0. The fourth-order valence-electron chi connectivity index (χ4n) is 1.60. The van der Waals surface area contributed by atoms with Crippen LogP contribution in [0.3, 0.4) is 0 Å². The minimum Gasteiger partial charge on any atom is -0.395 e. The van der Waals surface area contributed by atoms with E-state index in [2.05, 4.69) is 4.90 Å². The number of aliphatic hydroxyl groups is 1. The highest BCUT2D eigenvalue weighted by atomic mass is 16.5. The summed E-state index contributed by atoms with van der Waals surface area (Å²) in [7, 11) is 1.71. The van der Waals surface area contributed by atoms with Gasteiger partial charge in [0.2, 0.25) is 0 Å². The number of nitrogens with zero attached hydrogens (tertiary/aromatic N) is 1. The second-order valence-corrected chi connectivity index (χ2v) is 3.01. The van der Waals surface area contributed by atoms with Gasteiger partial charge in [0.1, 0.15) is 0 Å². The molecule has 1 N–H and O–H groups in total. The van der Waals surface area contributed by atoms with E-state index >= 15 is 0 Å². The van der Waals surface area contributed by atoms with Crippen molar-refractivity contribution in [3.05, 3.63) is 0 Å². The number of ether oxygens (including phenoxy) is 1. The zero-order chi connectivity index (χ0) is 8.10. The van der Waals surface area contributed by atoms with Gasteiger partial charge >= 0.3 is 0 Å². The average Bonchev–Trinajstić information content (AvgIpc) is 2.47. The Morgan fingerprint density at radius 1 is 1.64 bits per heavy atom. The number of likely N-dealkylation sites (tertiary alicyclic amines) is 1. The van der Waals surface area contributed by atoms with Crippen LogP contribution < -0.4 is 0 Å². The van der Waals surface area contributed by atoms with Crippen LogP contribution in [0.2, 0.25) is 0 Å². The molecule has 1 aliphatic heterocycles. The first kappa shape index (κ1) is 8.97. The van der Waals surface area contributed by atoms with Crippen molar-refractivity contribution in [1.29, 1.82) is 0 Å². The molecule has 11 heavy (non-hydrogen) atoms. The van der Waals surface area contributed by atoms with Crippen molar-refractivity contribution in [2.24, 2.45) is 0 Å². The van der Waals surface area contributed by atoms with Gasteiger partial charge in [-0.15, -0.1) is 0 Å². The SMILES string of the molecule is COCCN1CCC[C@H]1CO. The summed E-state index contributed by atoms with van der Waals surface area (Å²) < 4.78 is 4.97. The molecule has 0 saturated carbocycles. The van der Waals surface area contributed by atoms with Crippen molar-refractivity contribution in [3.63, 3.8) is 0 Å². The Bertz CT molecular complexity index is 108. The molecule has 66 valence electrons. The largest absolute Gasteiger partial charge is 0.395 e. The van der Waals surface area contributed by atoms with E-state index in [1.807, 2.05) is 0 Å². The molecular formula is C8H17NO2. The first-order chi connectivity index (χ1) is 5.38. The number of methoxy groups -OCH3 is 1.